The average molecular weight is 287 g/mol. The minimum absolute atomic E-state index is 0.0690. The minimum Gasteiger partial charge on any atom is -0.508 e. The number of rotatable bonds is 7. The van der Waals surface area contributed by atoms with Crippen LogP contribution in [0.4, 0.5) is 0 Å². The first-order chi connectivity index (χ1) is 8.93. The molecule has 2 N–H and O–H groups in total. The molecular formula is C12H17NO5S. The van der Waals surface area contributed by atoms with Crippen molar-refractivity contribution in [3.63, 3.8) is 0 Å². The van der Waals surface area contributed by atoms with Gasteiger partial charge in [-0.15, -0.1) is 0 Å². The summed E-state index contributed by atoms with van der Waals surface area (Å²) in [6.07, 6.45) is -0.177. The fourth-order valence-electron chi connectivity index (χ4n) is 1.38. The summed E-state index contributed by atoms with van der Waals surface area (Å²) in [6, 6.07) is 6.28. The molecule has 0 aliphatic heterocycles. The molecule has 1 aromatic rings. The molecule has 0 spiro atoms. The first-order valence-electron chi connectivity index (χ1n) is 5.84. The largest absolute Gasteiger partial charge is 0.508 e. The zero-order valence-electron chi connectivity index (χ0n) is 10.6. The van der Waals surface area contributed by atoms with E-state index in [-0.39, 0.29) is 31.1 Å². The highest BCUT2D eigenvalue weighted by molar-refractivity contribution is 7.89. The standard InChI is InChI=1S/C12H17NO5S/c1-2-18-12(15)6-7-19(16,17)13-9-10-4-3-5-11(14)8-10/h3-5,8,13-14H,2,6-7,9H2,1H3. The number of phenols is 1. The Morgan fingerprint density at radius 3 is 2.79 bits per heavy atom. The van der Waals surface area contributed by atoms with Crippen LogP contribution >= 0.6 is 0 Å². The molecule has 1 aromatic carbocycles. The number of hydrogen-bond acceptors (Lipinski definition) is 5. The van der Waals surface area contributed by atoms with Gasteiger partial charge in [-0.25, -0.2) is 13.1 Å². The van der Waals surface area contributed by atoms with Crippen LogP contribution in [-0.2, 0) is 26.1 Å². The monoisotopic (exact) mass is 287 g/mol. The second kappa shape index (κ2) is 7.10. The van der Waals surface area contributed by atoms with Crippen molar-refractivity contribution in [1.29, 1.82) is 0 Å². The summed E-state index contributed by atoms with van der Waals surface area (Å²) >= 11 is 0. The summed E-state index contributed by atoms with van der Waals surface area (Å²) in [5, 5.41) is 9.24. The topological polar surface area (TPSA) is 92.7 Å². The second-order valence-electron chi connectivity index (χ2n) is 3.86. The number of nitrogens with one attached hydrogen (secondary N) is 1. The second-order valence-corrected chi connectivity index (χ2v) is 5.79. The Hall–Kier alpha value is -1.60. The van der Waals surface area contributed by atoms with Gasteiger partial charge in [-0.3, -0.25) is 4.79 Å². The number of phenolic OH excluding ortho intramolecular Hbond substituents is 1. The number of hydrogen-bond donors (Lipinski definition) is 2. The van der Waals surface area contributed by atoms with Crippen LogP contribution in [0.25, 0.3) is 0 Å². The van der Waals surface area contributed by atoms with Crippen molar-refractivity contribution in [2.75, 3.05) is 12.4 Å². The summed E-state index contributed by atoms with van der Waals surface area (Å²) in [5.74, 6) is -0.779. The Bertz CT molecular complexity index is 527. The lowest BCUT2D eigenvalue weighted by Crippen LogP contribution is -2.27. The van der Waals surface area contributed by atoms with E-state index in [1.807, 2.05) is 0 Å². The first kappa shape index (κ1) is 15.5. The lowest BCUT2D eigenvalue weighted by molar-refractivity contribution is -0.142. The van der Waals surface area contributed by atoms with E-state index in [4.69, 9.17) is 0 Å². The van der Waals surface area contributed by atoms with E-state index in [2.05, 4.69) is 9.46 Å². The summed E-state index contributed by atoms with van der Waals surface area (Å²) in [6.45, 7) is 1.96. The lowest BCUT2D eigenvalue weighted by Gasteiger charge is -2.07. The summed E-state index contributed by atoms with van der Waals surface area (Å²) in [4.78, 5) is 11.1. The van der Waals surface area contributed by atoms with Crippen LogP contribution in [0.5, 0.6) is 5.75 Å². The first-order valence-corrected chi connectivity index (χ1v) is 7.49. The molecule has 0 amide bonds. The van der Waals surface area contributed by atoms with Gasteiger partial charge in [0.05, 0.1) is 18.8 Å². The molecule has 0 fully saturated rings. The van der Waals surface area contributed by atoms with Gasteiger partial charge < -0.3 is 9.84 Å². The third-order valence-electron chi connectivity index (χ3n) is 2.29. The highest BCUT2D eigenvalue weighted by Gasteiger charge is 2.13. The van der Waals surface area contributed by atoms with Crippen molar-refractivity contribution in [2.24, 2.45) is 0 Å². The highest BCUT2D eigenvalue weighted by Crippen LogP contribution is 2.10. The number of carbonyl (C=O) groups is 1. The third kappa shape index (κ3) is 6.21. The molecule has 1 rings (SSSR count). The number of sulfonamides is 1. The molecule has 0 aromatic heterocycles. The Balaban J connectivity index is 2.45. The Morgan fingerprint density at radius 1 is 1.42 bits per heavy atom. The summed E-state index contributed by atoms with van der Waals surface area (Å²) in [7, 11) is -3.54. The minimum atomic E-state index is -3.54. The molecule has 0 aliphatic carbocycles. The molecular weight excluding hydrogens is 270 g/mol. The molecule has 0 aliphatic rings. The predicted molar refractivity (Wildman–Crippen MR) is 70.0 cm³/mol. The van der Waals surface area contributed by atoms with Gasteiger partial charge in [-0.2, -0.15) is 0 Å². The quantitative estimate of drug-likeness (QED) is 0.722. The van der Waals surface area contributed by atoms with E-state index >= 15 is 0 Å². The highest BCUT2D eigenvalue weighted by atomic mass is 32.2. The van der Waals surface area contributed by atoms with Crippen molar-refractivity contribution in [3.05, 3.63) is 29.8 Å². The van der Waals surface area contributed by atoms with Crippen molar-refractivity contribution in [1.82, 2.24) is 4.72 Å². The van der Waals surface area contributed by atoms with Gasteiger partial charge in [0.1, 0.15) is 5.75 Å². The van der Waals surface area contributed by atoms with Gasteiger partial charge >= 0.3 is 5.97 Å². The molecule has 0 saturated heterocycles. The molecule has 0 bridgehead atoms. The van der Waals surface area contributed by atoms with Crippen LogP contribution in [0.15, 0.2) is 24.3 Å². The summed E-state index contributed by atoms with van der Waals surface area (Å²) in [5.41, 5.74) is 0.639. The third-order valence-corrected chi connectivity index (χ3v) is 3.61. The average Bonchev–Trinajstić information content (AvgIpc) is 2.35. The van der Waals surface area contributed by atoms with E-state index in [1.165, 1.54) is 12.1 Å². The van der Waals surface area contributed by atoms with Gasteiger partial charge in [-0.1, -0.05) is 12.1 Å². The predicted octanol–water partition coefficient (Wildman–Crippen LogP) is 0.765. The fraction of sp³-hybridized carbons (Fsp3) is 0.417. The Kier molecular flexibility index (Phi) is 5.78. The molecule has 0 heterocycles. The molecule has 0 radical (unpaired) electrons. The fourth-order valence-corrected chi connectivity index (χ4v) is 2.35. The van der Waals surface area contributed by atoms with Gasteiger partial charge in [0.25, 0.3) is 0 Å². The molecule has 6 nitrogen and oxygen atoms in total. The van der Waals surface area contributed by atoms with E-state index in [9.17, 15) is 18.3 Å². The van der Waals surface area contributed by atoms with Crippen LogP contribution in [-0.4, -0.2) is 31.9 Å². The number of ether oxygens (including phenoxy) is 1. The van der Waals surface area contributed by atoms with E-state index in [0.717, 1.165) is 0 Å². The van der Waals surface area contributed by atoms with Gasteiger partial charge in [-0.05, 0) is 24.6 Å². The van der Waals surface area contributed by atoms with Crippen molar-refractivity contribution >= 4 is 16.0 Å². The van der Waals surface area contributed by atoms with Crippen LogP contribution < -0.4 is 4.72 Å². The Labute approximate surface area is 112 Å². The van der Waals surface area contributed by atoms with Gasteiger partial charge in [0.15, 0.2) is 0 Å². The van der Waals surface area contributed by atoms with Gasteiger partial charge in [0, 0.05) is 6.54 Å². The van der Waals surface area contributed by atoms with Crippen LogP contribution in [0, 0.1) is 0 Å². The lowest BCUT2D eigenvalue weighted by atomic mass is 10.2. The molecule has 0 saturated carbocycles. The van der Waals surface area contributed by atoms with Crippen molar-refractivity contribution < 1.29 is 23.1 Å². The molecule has 0 unspecified atom stereocenters. The number of esters is 1. The van der Waals surface area contributed by atoms with Crippen molar-refractivity contribution in [2.45, 2.75) is 19.9 Å². The van der Waals surface area contributed by atoms with E-state index < -0.39 is 16.0 Å². The zero-order valence-corrected chi connectivity index (χ0v) is 11.4. The van der Waals surface area contributed by atoms with Crippen LogP contribution in [0.1, 0.15) is 18.9 Å². The van der Waals surface area contributed by atoms with E-state index in [0.29, 0.717) is 5.56 Å². The SMILES string of the molecule is CCOC(=O)CCS(=O)(=O)NCc1cccc(O)c1. The number of carbonyl (C=O) groups excluding carboxylic acids is 1. The van der Waals surface area contributed by atoms with Gasteiger partial charge in [0.2, 0.25) is 10.0 Å². The maximum absolute atomic E-state index is 11.6. The molecule has 0 atom stereocenters. The molecule has 106 valence electrons. The van der Waals surface area contributed by atoms with E-state index in [1.54, 1.807) is 19.1 Å². The van der Waals surface area contributed by atoms with Crippen molar-refractivity contribution in [3.8, 4) is 5.75 Å². The van der Waals surface area contributed by atoms with Crippen LogP contribution in [0.2, 0.25) is 0 Å². The summed E-state index contributed by atoms with van der Waals surface area (Å²) < 4.78 is 30.2. The Morgan fingerprint density at radius 2 is 2.16 bits per heavy atom. The molecule has 7 heteroatoms. The number of aromatic hydroxyl groups is 1. The maximum atomic E-state index is 11.6. The van der Waals surface area contributed by atoms with Crippen LogP contribution in [0.3, 0.4) is 0 Å². The maximum Gasteiger partial charge on any atom is 0.306 e. The number of benzene rings is 1. The molecule has 19 heavy (non-hydrogen) atoms. The normalized spacial score (nSPS) is 11.2. The smallest absolute Gasteiger partial charge is 0.306 e. The zero-order chi connectivity index (χ0) is 14.3.